The van der Waals surface area contributed by atoms with Gasteiger partial charge in [-0.25, -0.2) is 9.97 Å². The summed E-state index contributed by atoms with van der Waals surface area (Å²) in [5.41, 5.74) is 7.06. The van der Waals surface area contributed by atoms with Gasteiger partial charge < -0.3 is 5.73 Å². The molecule has 0 radical (unpaired) electrons. The molecule has 0 saturated carbocycles. The third-order valence-electron chi connectivity index (χ3n) is 3.21. The fraction of sp³-hybridized carbons (Fsp3) is 0.200. The molecule has 4 nitrogen and oxygen atoms in total. The highest BCUT2D eigenvalue weighted by Crippen LogP contribution is 2.23. The second kappa shape index (κ2) is 5.97. The Kier molecular flexibility index (Phi) is 4.05. The van der Waals surface area contributed by atoms with E-state index < -0.39 is 0 Å². The van der Waals surface area contributed by atoms with Crippen molar-refractivity contribution in [1.82, 2.24) is 14.9 Å². The van der Waals surface area contributed by atoms with Crippen LogP contribution in [-0.2, 0) is 13.1 Å². The molecule has 2 heterocycles. The fourth-order valence-electron chi connectivity index (χ4n) is 2.21. The van der Waals surface area contributed by atoms with Gasteiger partial charge in [0, 0.05) is 11.6 Å². The van der Waals surface area contributed by atoms with Gasteiger partial charge in [-0.15, -0.1) is 11.3 Å². The zero-order valence-corrected chi connectivity index (χ0v) is 13.2. The van der Waals surface area contributed by atoms with Crippen molar-refractivity contribution in [1.29, 1.82) is 0 Å². The van der Waals surface area contributed by atoms with Gasteiger partial charge in [0.1, 0.15) is 16.5 Å². The van der Waals surface area contributed by atoms with Crippen molar-refractivity contribution in [3.05, 3.63) is 52.1 Å². The maximum absolute atomic E-state index is 6.18. The first-order valence-corrected chi connectivity index (χ1v) is 7.81. The Hall–Kier alpha value is -1.69. The molecule has 0 atom stereocenters. The van der Waals surface area contributed by atoms with Crippen LogP contribution in [0, 0.1) is 0 Å². The van der Waals surface area contributed by atoms with Crippen molar-refractivity contribution >= 4 is 39.0 Å². The molecule has 0 fully saturated rings. The molecule has 3 aromatic rings. The van der Waals surface area contributed by atoms with Crippen LogP contribution in [0.2, 0.25) is 5.02 Å². The highest BCUT2D eigenvalue weighted by atomic mass is 35.5. The van der Waals surface area contributed by atoms with E-state index in [9.17, 15) is 0 Å². The number of anilines is 1. The minimum absolute atomic E-state index is 0.544. The normalized spacial score (nSPS) is 11.4. The molecule has 0 aliphatic rings. The summed E-state index contributed by atoms with van der Waals surface area (Å²) in [4.78, 5) is 12.0. The highest BCUT2D eigenvalue weighted by Gasteiger charge is 2.10. The van der Waals surface area contributed by atoms with E-state index >= 15 is 0 Å². The third kappa shape index (κ3) is 3.15. The van der Waals surface area contributed by atoms with E-state index in [1.54, 1.807) is 11.3 Å². The number of hydrogen-bond donors (Lipinski definition) is 1. The summed E-state index contributed by atoms with van der Waals surface area (Å²) in [6, 6.07) is 9.79. The molecule has 0 saturated heterocycles. The number of thiophene rings is 1. The van der Waals surface area contributed by atoms with E-state index in [0.29, 0.717) is 12.4 Å². The number of aromatic nitrogens is 2. The molecule has 0 bridgehead atoms. The van der Waals surface area contributed by atoms with Crippen LogP contribution in [0.4, 0.5) is 5.82 Å². The number of hydrogen-bond acceptors (Lipinski definition) is 5. The maximum Gasteiger partial charge on any atom is 0.146 e. The van der Waals surface area contributed by atoms with Crippen LogP contribution in [0.1, 0.15) is 11.4 Å². The van der Waals surface area contributed by atoms with Crippen LogP contribution < -0.4 is 5.73 Å². The van der Waals surface area contributed by atoms with Crippen molar-refractivity contribution in [2.75, 3.05) is 12.8 Å². The lowest BCUT2D eigenvalue weighted by atomic mass is 10.2. The maximum atomic E-state index is 6.18. The first-order chi connectivity index (χ1) is 10.1. The molecule has 0 aliphatic carbocycles. The predicted molar refractivity (Wildman–Crippen MR) is 88.5 cm³/mol. The number of nitrogens with two attached hydrogens (primary N) is 1. The number of nitrogen functional groups attached to an aromatic ring is 1. The number of nitrogens with zero attached hydrogens (tertiary/aromatic N) is 3. The Balaban J connectivity index is 1.77. The SMILES string of the molecule is CN(Cc1nc(N)c2ccsc2n1)Cc1ccccc1Cl. The van der Waals surface area contributed by atoms with E-state index in [1.807, 2.05) is 42.8 Å². The summed E-state index contributed by atoms with van der Waals surface area (Å²) in [6.45, 7) is 1.37. The van der Waals surface area contributed by atoms with E-state index in [-0.39, 0.29) is 0 Å². The Morgan fingerprint density at radius 2 is 2.00 bits per heavy atom. The molecular formula is C15H15ClN4S. The minimum Gasteiger partial charge on any atom is -0.383 e. The number of fused-ring (bicyclic) bond motifs is 1. The lowest BCUT2D eigenvalue weighted by Crippen LogP contribution is -2.19. The van der Waals surface area contributed by atoms with Crippen LogP contribution in [0.15, 0.2) is 35.7 Å². The molecule has 21 heavy (non-hydrogen) atoms. The van der Waals surface area contributed by atoms with Crippen molar-refractivity contribution < 1.29 is 0 Å². The Morgan fingerprint density at radius 3 is 2.81 bits per heavy atom. The van der Waals surface area contributed by atoms with Gasteiger partial charge in [-0.1, -0.05) is 29.8 Å². The zero-order valence-electron chi connectivity index (χ0n) is 11.6. The number of rotatable bonds is 4. The second-order valence-electron chi connectivity index (χ2n) is 4.93. The van der Waals surface area contributed by atoms with E-state index in [2.05, 4.69) is 14.9 Å². The molecule has 0 unspecified atom stereocenters. The highest BCUT2D eigenvalue weighted by molar-refractivity contribution is 7.16. The van der Waals surface area contributed by atoms with Crippen molar-refractivity contribution in [2.45, 2.75) is 13.1 Å². The molecule has 108 valence electrons. The molecule has 2 aromatic heterocycles. The molecule has 0 spiro atoms. The first-order valence-electron chi connectivity index (χ1n) is 6.55. The molecule has 3 rings (SSSR count). The summed E-state index contributed by atoms with van der Waals surface area (Å²) < 4.78 is 0. The molecule has 6 heteroatoms. The summed E-state index contributed by atoms with van der Waals surface area (Å²) in [5.74, 6) is 1.28. The lowest BCUT2D eigenvalue weighted by molar-refractivity contribution is 0.311. The smallest absolute Gasteiger partial charge is 0.146 e. The van der Waals surface area contributed by atoms with Crippen molar-refractivity contribution in [3.63, 3.8) is 0 Å². The largest absolute Gasteiger partial charge is 0.383 e. The van der Waals surface area contributed by atoms with Gasteiger partial charge >= 0.3 is 0 Å². The monoisotopic (exact) mass is 318 g/mol. The van der Waals surface area contributed by atoms with Crippen LogP contribution in [0.3, 0.4) is 0 Å². The second-order valence-corrected chi connectivity index (χ2v) is 6.23. The van der Waals surface area contributed by atoms with Gasteiger partial charge in [0.25, 0.3) is 0 Å². The van der Waals surface area contributed by atoms with E-state index in [1.165, 1.54) is 0 Å². The molecule has 0 aliphatic heterocycles. The van der Waals surface area contributed by atoms with Gasteiger partial charge in [0.05, 0.1) is 11.9 Å². The minimum atomic E-state index is 0.544. The van der Waals surface area contributed by atoms with Gasteiger partial charge in [0.15, 0.2) is 0 Å². The fourth-order valence-corrected chi connectivity index (χ4v) is 3.20. The summed E-state index contributed by atoms with van der Waals surface area (Å²) >= 11 is 7.76. The number of benzene rings is 1. The van der Waals surface area contributed by atoms with Crippen LogP contribution in [-0.4, -0.2) is 21.9 Å². The third-order valence-corrected chi connectivity index (χ3v) is 4.39. The van der Waals surface area contributed by atoms with Gasteiger partial charge in [-0.05, 0) is 30.1 Å². The molecule has 1 aromatic carbocycles. The van der Waals surface area contributed by atoms with Gasteiger partial charge in [-0.3, -0.25) is 4.90 Å². The summed E-state index contributed by atoms with van der Waals surface area (Å²) in [6.07, 6.45) is 0. The first kappa shape index (κ1) is 14.3. The Bertz CT molecular complexity index is 771. The average Bonchev–Trinajstić information content (AvgIpc) is 2.90. The Morgan fingerprint density at radius 1 is 1.19 bits per heavy atom. The van der Waals surface area contributed by atoms with Gasteiger partial charge in [-0.2, -0.15) is 0 Å². The van der Waals surface area contributed by atoms with E-state index in [0.717, 1.165) is 33.2 Å². The topological polar surface area (TPSA) is 55.0 Å². The van der Waals surface area contributed by atoms with E-state index in [4.69, 9.17) is 17.3 Å². The van der Waals surface area contributed by atoms with Crippen molar-refractivity contribution in [2.24, 2.45) is 0 Å². The standard InChI is InChI=1S/C15H15ClN4S/c1-20(8-10-4-2-3-5-12(10)16)9-13-18-14(17)11-6-7-21-15(11)19-13/h2-7H,8-9H2,1H3,(H2,17,18,19). The summed E-state index contributed by atoms with van der Waals surface area (Å²) in [5, 5.41) is 3.68. The summed E-state index contributed by atoms with van der Waals surface area (Å²) in [7, 11) is 2.02. The van der Waals surface area contributed by atoms with Crippen LogP contribution in [0.25, 0.3) is 10.2 Å². The van der Waals surface area contributed by atoms with Crippen LogP contribution >= 0.6 is 22.9 Å². The zero-order chi connectivity index (χ0) is 14.8. The number of halogens is 1. The quantitative estimate of drug-likeness (QED) is 0.799. The molecular weight excluding hydrogens is 304 g/mol. The Labute approximate surface area is 132 Å². The van der Waals surface area contributed by atoms with Crippen LogP contribution in [0.5, 0.6) is 0 Å². The van der Waals surface area contributed by atoms with Crippen molar-refractivity contribution in [3.8, 4) is 0 Å². The lowest BCUT2D eigenvalue weighted by Gasteiger charge is -2.16. The predicted octanol–water partition coefficient (Wildman–Crippen LogP) is 3.56. The average molecular weight is 319 g/mol. The molecule has 0 amide bonds. The van der Waals surface area contributed by atoms with Gasteiger partial charge in [0.2, 0.25) is 0 Å². The molecule has 2 N–H and O–H groups in total.